The number of benzene rings is 1. The van der Waals surface area contributed by atoms with Crippen molar-refractivity contribution in [1.29, 1.82) is 0 Å². The monoisotopic (exact) mass is 322 g/mol. The Kier molecular flexibility index (Phi) is 4.22. The first-order valence-corrected chi connectivity index (χ1v) is 8.64. The minimum Gasteiger partial charge on any atom is -0.446 e. The van der Waals surface area contributed by atoms with E-state index in [4.69, 9.17) is 4.74 Å². The molecule has 3 atom stereocenters. The van der Waals surface area contributed by atoms with Gasteiger partial charge in [-0.15, -0.1) is 0 Å². The zero-order chi connectivity index (χ0) is 16.4. The lowest BCUT2D eigenvalue weighted by Crippen LogP contribution is -2.37. The van der Waals surface area contributed by atoms with E-state index in [1.807, 2.05) is 30.3 Å². The average molecular weight is 322 g/mol. The Labute approximate surface area is 142 Å². The normalized spacial score (nSPS) is 28.1. The van der Waals surface area contributed by atoms with Crippen molar-refractivity contribution < 1.29 is 9.53 Å². The molecule has 0 saturated heterocycles. The summed E-state index contributed by atoms with van der Waals surface area (Å²) in [6, 6.07) is 10.3. The SMILES string of the molecule is O=C(Nc1ccccc1)OC1CCC2NC3CC=CC=CC3=C2C1. The van der Waals surface area contributed by atoms with E-state index in [2.05, 4.69) is 34.9 Å². The predicted octanol–water partition coefficient (Wildman–Crippen LogP) is 3.94. The van der Waals surface area contributed by atoms with Crippen LogP contribution in [0.3, 0.4) is 0 Å². The Balaban J connectivity index is 1.41. The summed E-state index contributed by atoms with van der Waals surface area (Å²) in [6.07, 6.45) is 12.0. The smallest absolute Gasteiger partial charge is 0.411 e. The molecule has 3 unspecified atom stereocenters. The van der Waals surface area contributed by atoms with Gasteiger partial charge in [-0.25, -0.2) is 4.79 Å². The first kappa shape index (κ1) is 15.2. The second-order valence-electron chi connectivity index (χ2n) is 6.58. The van der Waals surface area contributed by atoms with Gasteiger partial charge in [0, 0.05) is 24.2 Å². The molecule has 1 aromatic carbocycles. The van der Waals surface area contributed by atoms with Crippen LogP contribution in [0.25, 0.3) is 0 Å². The quantitative estimate of drug-likeness (QED) is 0.867. The summed E-state index contributed by atoms with van der Waals surface area (Å²) in [5.41, 5.74) is 3.57. The Bertz CT molecular complexity index is 706. The van der Waals surface area contributed by atoms with Crippen LogP contribution in [0.1, 0.15) is 25.7 Å². The van der Waals surface area contributed by atoms with Gasteiger partial charge in [-0.3, -0.25) is 5.32 Å². The molecule has 0 bridgehead atoms. The lowest BCUT2D eigenvalue weighted by atomic mass is 9.87. The Hall–Kier alpha value is -2.33. The molecular formula is C20H22N2O2. The Morgan fingerprint density at radius 1 is 1.12 bits per heavy atom. The molecule has 1 fully saturated rings. The standard InChI is InChI=1S/C20H22N2O2/c23-20(21-14-7-3-1-4-8-14)24-15-11-12-19-17(13-15)16-9-5-2-6-10-18(16)22-19/h1-9,15,18-19,22H,10-13H2,(H,21,23). The fraction of sp³-hybridized carbons (Fsp3) is 0.350. The maximum Gasteiger partial charge on any atom is 0.411 e. The summed E-state index contributed by atoms with van der Waals surface area (Å²) in [6.45, 7) is 0. The largest absolute Gasteiger partial charge is 0.446 e. The second-order valence-corrected chi connectivity index (χ2v) is 6.58. The number of allylic oxidation sites excluding steroid dienone is 2. The summed E-state index contributed by atoms with van der Waals surface area (Å²) < 4.78 is 5.66. The van der Waals surface area contributed by atoms with Gasteiger partial charge in [-0.05, 0) is 42.5 Å². The number of ether oxygens (including phenoxy) is 1. The third-order valence-electron chi connectivity index (χ3n) is 4.98. The van der Waals surface area contributed by atoms with Crippen LogP contribution in [-0.2, 0) is 4.74 Å². The highest BCUT2D eigenvalue weighted by molar-refractivity contribution is 5.84. The van der Waals surface area contributed by atoms with E-state index in [1.54, 1.807) is 0 Å². The van der Waals surface area contributed by atoms with Crippen LogP contribution in [0, 0.1) is 0 Å². The maximum absolute atomic E-state index is 12.1. The number of para-hydroxylation sites is 1. The fourth-order valence-corrected chi connectivity index (χ4v) is 3.87. The summed E-state index contributed by atoms with van der Waals surface area (Å²) >= 11 is 0. The van der Waals surface area contributed by atoms with Crippen molar-refractivity contribution in [3.05, 3.63) is 65.8 Å². The van der Waals surface area contributed by atoms with E-state index in [-0.39, 0.29) is 12.2 Å². The number of hydrogen-bond donors (Lipinski definition) is 2. The van der Waals surface area contributed by atoms with Crippen LogP contribution < -0.4 is 10.6 Å². The Morgan fingerprint density at radius 3 is 2.88 bits per heavy atom. The maximum atomic E-state index is 12.1. The van der Waals surface area contributed by atoms with Crippen molar-refractivity contribution in [3.8, 4) is 0 Å². The number of carbonyl (C=O) groups excluding carboxylic acids is 1. The molecule has 124 valence electrons. The molecule has 4 rings (SSSR count). The van der Waals surface area contributed by atoms with E-state index in [0.29, 0.717) is 12.1 Å². The molecule has 2 aliphatic carbocycles. The van der Waals surface area contributed by atoms with Crippen LogP contribution >= 0.6 is 0 Å². The molecule has 4 nitrogen and oxygen atoms in total. The van der Waals surface area contributed by atoms with Gasteiger partial charge in [0.25, 0.3) is 0 Å². The first-order valence-electron chi connectivity index (χ1n) is 8.64. The average Bonchev–Trinajstić information content (AvgIpc) is 2.77. The summed E-state index contributed by atoms with van der Waals surface area (Å²) in [4.78, 5) is 12.1. The number of nitrogens with one attached hydrogen (secondary N) is 2. The molecule has 2 N–H and O–H groups in total. The number of rotatable bonds is 2. The molecule has 0 aromatic heterocycles. The van der Waals surface area contributed by atoms with Crippen LogP contribution in [-0.4, -0.2) is 24.3 Å². The van der Waals surface area contributed by atoms with E-state index in [1.165, 1.54) is 11.1 Å². The highest BCUT2D eigenvalue weighted by Gasteiger charge is 2.36. The second kappa shape index (κ2) is 6.65. The number of hydrogen-bond acceptors (Lipinski definition) is 3. The number of fused-ring (bicyclic) bond motifs is 2. The fourth-order valence-electron chi connectivity index (χ4n) is 3.87. The molecule has 0 radical (unpaired) electrons. The minimum atomic E-state index is -0.365. The molecule has 1 aromatic rings. The molecule has 24 heavy (non-hydrogen) atoms. The molecule has 0 spiro atoms. The van der Waals surface area contributed by atoms with E-state index in [9.17, 15) is 4.79 Å². The predicted molar refractivity (Wildman–Crippen MR) is 94.8 cm³/mol. The van der Waals surface area contributed by atoms with Crippen LogP contribution in [0.15, 0.2) is 65.8 Å². The van der Waals surface area contributed by atoms with E-state index >= 15 is 0 Å². The van der Waals surface area contributed by atoms with Crippen LogP contribution in [0.2, 0.25) is 0 Å². The molecular weight excluding hydrogens is 300 g/mol. The zero-order valence-electron chi connectivity index (χ0n) is 13.6. The van der Waals surface area contributed by atoms with Crippen molar-refractivity contribution in [2.75, 3.05) is 5.32 Å². The number of carbonyl (C=O) groups is 1. The topological polar surface area (TPSA) is 50.4 Å². The Morgan fingerprint density at radius 2 is 2.00 bits per heavy atom. The lowest BCUT2D eigenvalue weighted by Gasteiger charge is -2.28. The highest BCUT2D eigenvalue weighted by Crippen LogP contribution is 2.36. The number of anilines is 1. The van der Waals surface area contributed by atoms with Gasteiger partial charge in [0.1, 0.15) is 6.10 Å². The van der Waals surface area contributed by atoms with Crippen molar-refractivity contribution in [2.45, 2.75) is 43.9 Å². The third kappa shape index (κ3) is 3.15. The van der Waals surface area contributed by atoms with Crippen molar-refractivity contribution in [1.82, 2.24) is 5.32 Å². The van der Waals surface area contributed by atoms with Gasteiger partial charge in [0.15, 0.2) is 0 Å². The van der Waals surface area contributed by atoms with Gasteiger partial charge >= 0.3 is 6.09 Å². The van der Waals surface area contributed by atoms with Crippen molar-refractivity contribution in [3.63, 3.8) is 0 Å². The molecule has 3 aliphatic rings. The van der Waals surface area contributed by atoms with Gasteiger partial charge < -0.3 is 10.1 Å². The van der Waals surface area contributed by atoms with E-state index in [0.717, 1.165) is 31.4 Å². The minimum absolute atomic E-state index is 0.0439. The summed E-state index contributed by atoms with van der Waals surface area (Å²) in [7, 11) is 0. The van der Waals surface area contributed by atoms with Gasteiger partial charge in [0.05, 0.1) is 0 Å². The van der Waals surface area contributed by atoms with Gasteiger partial charge in [0.2, 0.25) is 0 Å². The molecule has 1 amide bonds. The van der Waals surface area contributed by atoms with Crippen molar-refractivity contribution >= 4 is 11.8 Å². The molecule has 1 heterocycles. The van der Waals surface area contributed by atoms with Gasteiger partial charge in [-0.1, -0.05) is 42.5 Å². The van der Waals surface area contributed by atoms with Crippen molar-refractivity contribution in [2.24, 2.45) is 0 Å². The first-order chi connectivity index (χ1) is 11.8. The highest BCUT2D eigenvalue weighted by atomic mass is 16.6. The molecule has 1 aliphatic heterocycles. The van der Waals surface area contributed by atoms with Crippen LogP contribution in [0.5, 0.6) is 0 Å². The van der Waals surface area contributed by atoms with Crippen LogP contribution in [0.4, 0.5) is 10.5 Å². The van der Waals surface area contributed by atoms with E-state index < -0.39 is 0 Å². The summed E-state index contributed by atoms with van der Waals surface area (Å²) in [5.74, 6) is 0. The molecule has 1 saturated carbocycles. The van der Waals surface area contributed by atoms with Gasteiger partial charge in [-0.2, -0.15) is 0 Å². The lowest BCUT2D eigenvalue weighted by molar-refractivity contribution is 0.0941. The zero-order valence-corrected chi connectivity index (χ0v) is 13.6. The third-order valence-corrected chi connectivity index (χ3v) is 4.98. The molecule has 4 heteroatoms. The summed E-state index contributed by atoms with van der Waals surface area (Å²) in [5, 5.41) is 6.51. The number of amides is 1.